The maximum absolute atomic E-state index is 13.2. The van der Waals surface area contributed by atoms with E-state index in [1.165, 1.54) is 23.4 Å². The van der Waals surface area contributed by atoms with Gasteiger partial charge in [0.05, 0.1) is 11.6 Å². The number of fused-ring (bicyclic) bond motifs is 1. The molecule has 0 N–H and O–H groups in total. The molecule has 0 saturated heterocycles. The first-order chi connectivity index (χ1) is 18.9. The Balaban J connectivity index is 1.51. The normalized spacial score (nSPS) is 11.7. The summed E-state index contributed by atoms with van der Waals surface area (Å²) in [6, 6.07) is 16.7. The van der Waals surface area contributed by atoms with Gasteiger partial charge < -0.3 is 9.47 Å². The van der Waals surface area contributed by atoms with Gasteiger partial charge in [-0.2, -0.15) is 4.98 Å². The molecule has 2 aromatic carbocycles. The molecule has 9 nitrogen and oxygen atoms in total. The summed E-state index contributed by atoms with van der Waals surface area (Å²) >= 11 is 12.1. The van der Waals surface area contributed by atoms with Gasteiger partial charge >= 0.3 is 11.7 Å². The third-order valence-corrected chi connectivity index (χ3v) is 6.97. The Morgan fingerprint density at radius 3 is 2.10 bits per heavy atom. The van der Waals surface area contributed by atoms with E-state index in [0.717, 1.165) is 10.1 Å². The number of halogens is 2. The summed E-state index contributed by atoms with van der Waals surface area (Å²) in [5.74, 6) is 1.15. The number of nitrogens with zero attached hydrogens (tertiary/aromatic N) is 5. The van der Waals surface area contributed by atoms with Crippen LogP contribution in [-0.2, 0) is 26.1 Å². The van der Waals surface area contributed by atoms with Crippen molar-refractivity contribution in [2.24, 2.45) is 14.1 Å². The lowest BCUT2D eigenvalue weighted by Gasteiger charge is -2.19. The van der Waals surface area contributed by atoms with Crippen LogP contribution < -0.4 is 20.7 Å². The van der Waals surface area contributed by atoms with Crippen LogP contribution in [-0.4, -0.2) is 23.7 Å². The van der Waals surface area contributed by atoms with Crippen LogP contribution in [0.25, 0.3) is 11.2 Å². The molecule has 3 aromatic heterocycles. The van der Waals surface area contributed by atoms with E-state index in [-0.39, 0.29) is 33.5 Å². The molecule has 0 fully saturated rings. The number of aryl methyl sites for hydroxylation is 1. The molecule has 0 atom stereocenters. The van der Waals surface area contributed by atoms with E-state index in [0.29, 0.717) is 23.1 Å². The molecule has 0 aliphatic heterocycles. The second-order valence-corrected chi connectivity index (χ2v) is 11.3. The number of imidazole rings is 1. The van der Waals surface area contributed by atoms with Crippen LogP contribution in [0.2, 0.25) is 10.0 Å². The van der Waals surface area contributed by atoms with Gasteiger partial charge in [0.15, 0.2) is 11.2 Å². The average Bonchev–Trinajstić information content (AvgIpc) is 3.26. The zero-order valence-electron chi connectivity index (χ0n) is 22.6. The molecule has 0 spiro atoms. The van der Waals surface area contributed by atoms with Gasteiger partial charge in [-0.3, -0.25) is 18.5 Å². The summed E-state index contributed by atoms with van der Waals surface area (Å²) < 4.78 is 16.0. The number of benzene rings is 2. The van der Waals surface area contributed by atoms with Crippen LogP contribution in [0, 0.1) is 0 Å². The van der Waals surface area contributed by atoms with Crippen LogP contribution in [0.5, 0.6) is 23.4 Å². The van der Waals surface area contributed by atoms with Crippen molar-refractivity contribution < 1.29 is 9.47 Å². The van der Waals surface area contributed by atoms with E-state index >= 15 is 0 Å². The van der Waals surface area contributed by atoms with E-state index in [2.05, 4.69) is 42.9 Å². The first-order valence-corrected chi connectivity index (χ1v) is 13.2. The van der Waals surface area contributed by atoms with Crippen LogP contribution in [0.1, 0.15) is 31.9 Å². The summed E-state index contributed by atoms with van der Waals surface area (Å²) in [6.45, 7) is 6.76. The standard InChI is InChI=1S/C29H27Cl2N5O4/c1-29(2,3)18-8-6-17(7-9-18)16-36-23-24(34(4)28(38)35(5)26(23)37)33-27(36)40-21-12-10-20(11-13-21)39-25-22(31)14-19(30)15-32-25/h6-15H,16H2,1-5H3. The summed E-state index contributed by atoms with van der Waals surface area (Å²) in [5, 5.41) is 0.686. The Labute approximate surface area is 240 Å². The number of hydrogen-bond donors (Lipinski definition) is 0. The summed E-state index contributed by atoms with van der Waals surface area (Å²) in [4.78, 5) is 34.5. The average molecular weight is 580 g/mol. The first-order valence-electron chi connectivity index (χ1n) is 12.4. The Hall–Kier alpha value is -4.08. The second-order valence-electron chi connectivity index (χ2n) is 10.4. The van der Waals surface area contributed by atoms with Gasteiger partial charge in [0.2, 0.25) is 5.88 Å². The van der Waals surface area contributed by atoms with E-state index in [4.69, 9.17) is 32.7 Å². The Bertz CT molecular complexity index is 1830. The molecule has 0 radical (unpaired) electrons. The van der Waals surface area contributed by atoms with Crippen molar-refractivity contribution in [1.29, 1.82) is 0 Å². The first kappa shape index (κ1) is 27.5. The van der Waals surface area contributed by atoms with Gasteiger partial charge in [0, 0.05) is 20.3 Å². The second kappa shape index (κ2) is 10.5. The van der Waals surface area contributed by atoms with Gasteiger partial charge in [-0.1, -0.05) is 68.2 Å². The minimum absolute atomic E-state index is 0.00749. The number of pyridine rings is 1. The quantitative estimate of drug-likeness (QED) is 0.242. The molecule has 0 unspecified atom stereocenters. The Kier molecular flexibility index (Phi) is 7.20. The summed E-state index contributed by atoms with van der Waals surface area (Å²) in [5.41, 5.74) is 1.72. The molecule has 0 saturated carbocycles. The molecule has 5 aromatic rings. The molecular weight excluding hydrogens is 553 g/mol. The van der Waals surface area contributed by atoms with Crippen molar-refractivity contribution in [3.8, 4) is 23.4 Å². The molecular formula is C29H27Cl2N5O4. The van der Waals surface area contributed by atoms with Crippen molar-refractivity contribution >= 4 is 34.4 Å². The molecule has 3 heterocycles. The van der Waals surface area contributed by atoms with E-state index < -0.39 is 11.2 Å². The highest BCUT2D eigenvalue weighted by Gasteiger charge is 2.21. The highest BCUT2D eigenvalue weighted by molar-refractivity contribution is 6.35. The molecule has 0 bridgehead atoms. The number of aromatic nitrogens is 5. The van der Waals surface area contributed by atoms with Crippen molar-refractivity contribution in [1.82, 2.24) is 23.7 Å². The molecule has 0 aliphatic rings. The predicted molar refractivity (Wildman–Crippen MR) is 155 cm³/mol. The van der Waals surface area contributed by atoms with Gasteiger partial charge in [-0.05, 0) is 46.9 Å². The number of rotatable bonds is 6. The van der Waals surface area contributed by atoms with E-state index in [1.807, 2.05) is 12.1 Å². The van der Waals surface area contributed by atoms with Crippen LogP contribution >= 0.6 is 23.2 Å². The summed E-state index contributed by atoms with van der Waals surface area (Å²) in [7, 11) is 3.02. The maximum atomic E-state index is 13.2. The fourth-order valence-corrected chi connectivity index (χ4v) is 4.63. The molecule has 0 amide bonds. The Morgan fingerprint density at radius 2 is 1.50 bits per heavy atom. The maximum Gasteiger partial charge on any atom is 0.332 e. The third-order valence-electron chi connectivity index (χ3n) is 6.50. The largest absolute Gasteiger partial charge is 0.438 e. The molecule has 0 aliphatic carbocycles. The van der Waals surface area contributed by atoms with Crippen molar-refractivity contribution in [3.05, 3.63) is 103 Å². The van der Waals surface area contributed by atoms with Gasteiger partial charge in [-0.15, -0.1) is 0 Å². The highest BCUT2D eigenvalue weighted by Crippen LogP contribution is 2.31. The van der Waals surface area contributed by atoms with Crippen molar-refractivity contribution in [2.75, 3.05) is 0 Å². The molecule has 11 heteroatoms. The minimum Gasteiger partial charge on any atom is -0.438 e. The SMILES string of the molecule is Cn1c(=O)c2c(nc(Oc3ccc(Oc4ncc(Cl)cc4Cl)cc3)n2Cc2ccc(C(C)(C)C)cc2)n(C)c1=O. The molecule has 40 heavy (non-hydrogen) atoms. The fourth-order valence-electron chi connectivity index (χ4n) is 4.21. The zero-order chi connectivity index (χ0) is 28.8. The van der Waals surface area contributed by atoms with Gasteiger partial charge in [-0.25, -0.2) is 9.78 Å². The van der Waals surface area contributed by atoms with Gasteiger partial charge in [0.25, 0.3) is 5.56 Å². The monoisotopic (exact) mass is 579 g/mol. The van der Waals surface area contributed by atoms with Crippen molar-refractivity contribution in [2.45, 2.75) is 32.7 Å². The summed E-state index contributed by atoms with van der Waals surface area (Å²) in [6.07, 6.45) is 1.44. The smallest absolute Gasteiger partial charge is 0.332 e. The third kappa shape index (κ3) is 5.35. The lowest BCUT2D eigenvalue weighted by Crippen LogP contribution is -2.37. The lowest BCUT2D eigenvalue weighted by molar-refractivity contribution is 0.418. The van der Waals surface area contributed by atoms with Gasteiger partial charge in [0.1, 0.15) is 16.5 Å². The van der Waals surface area contributed by atoms with Crippen LogP contribution in [0.15, 0.2) is 70.4 Å². The Morgan fingerprint density at radius 1 is 0.875 bits per heavy atom. The minimum atomic E-state index is -0.473. The van der Waals surface area contributed by atoms with Crippen LogP contribution in [0.4, 0.5) is 0 Å². The molecule has 5 rings (SSSR count). The van der Waals surface area contributed by atoms with E-state index in [1.54, 1.807) is 41.9 Å². The topological polar surface area (TPSA) is 93.2 Å². The fraction of sp³-hybridized carbons (Fsp3) is 0.241. The predicted octanol–water partition coefficient (Wildman–Crippen LogP) is 6.07. The number of ether oxygens (including phenoxy) is 2. The number of hydrogen-bond acceptors (Lipinski definition) is 6. The van der Waals surface area contributed by atoms with Crippen LogP contribution in [0.3, 0.4) is 0 Å². The zero-order valence-corrected chi connectivity index (χ0v) is 24.1. The van der Waals surface area contributed by atoms with Crippen molar-refractivity contribution in [3.63, 3.8) is 0 Å². The lowest BCUT2D eigenvalue weighted by atomic mass is 9.87. The molecule has 206 valence electrons. The van der Waals surface area contributed by atoms with E-state index in [9.17, 15) is 9.59 Å². The highest BCUT2D eigenvalue weighted by atomic mass is 35.5.